The molecule has 0 aliphatic rings. The van der Waals surface area contributed by atoms with Gasteiger partial charge in [0.15, 0.2) is 0 Å². The highest BCUT2D eigenvalue weighted by molar-refractivity contribution is 5.76. The van der Waals surface area contributed by atoms with E-state index < -0.39 is 0 Å². The van der Waals surface area contributed by atoms with E-state index in [2.05, 4.69) is 85.6 Å². The molecule has 0 atom stereocenters. The number of aryl methyl sites for hydroxylation is 1. The zero-order chi connectivity index (χ0) is 21.2. The second kappa shape index (κ2) is 10.9. The summed E-state index contributed by atoms with van der Waals surface area (Å²) < 4.78 is 11.0. The molecular formula is C27H29NO2. The fourth-order valence-corrected chi connectivity index (χ4v) is 3.16. The molecule has 0 N–H and O–H groups in total. The Morgan fingerprint density at radius 2 is 1.33 bits per heavy atom. The molecule has 3 aromatic carbocycles. The van der Waals surface area contributed by atoms with Gasteiger partial charge in [0, 0.05) is 23.5 Å². The van der Waals surface area contributed by atoms with Gasteiger partial charge in [0.1, 0.15) is 5.75 Å². The summed E-state index contributed by atoms with van der Waals surface area (Å²) in [6.07, 6.45) is 5.04. The number of rotatable bonds is 11. The summed E-state index contributed by atoms with van der Waals surface area (Å²) in [4.78, 5) is 2.25. The highest BCUT2D eigenvalue weighted by Gasteiger charge is 2.12. The summed E-state index contributed by atoms with van der Waals surface area (Å²) in [7, 11) is 0. The first-order valence-corrected chi connectivity index (χ1v) is 10.2. The van der Waals surface area contributed by atoms with Crippen LogP contribution in [0.3, 0.4) is 0 Å². The lowest BCUT2D eigenvalue weighted by Gasteiger charge is -2.26. The standard InChI is InChI=1S/C27H29NO2/c1-4-6-20-30-27-17-15-26(16-18-27)28(24-11-7-22(3)8-12-24)25-13-9-23(10-14-25)19-21-29-5-2/h4-5,7-18H,1-2,6,19-21H2,3H3. The number of hydrogen-bond donors (Lipinski definition) is 0. The molecule has 0 bridgehead atoms. The molecule has 0 heterocycles. The lowest BCUT2D eigenvalue weighted by atomic mass is 10.1. The summed E-state index contributed by atoms with van der Waals surface area (Å²) in [5, 5.41) is 0. The molecule has 0 unspecified atom stereocenters. The minimum Gasteiger partial charge on any atom is -0.501 e. The zero-order valence-electron chi connectivity index (χ0n) is 17.6. The van der Waals surface area contributed by atoms with E-state index in [-0.39, 0.29) is 0 Å². The Balaban J connectivity index is 1.86. The maximum Gasteiger partial charge on any atom is 0.119 e. The summed E-state index contributed by atoms with van der Waals surface area (Å²) in [6.45, 7) is 10.7. The average Bonchev–Trinajstić information content (AvgIpc) is 2.78. The first kappa shape index (κ1) is 21.3. The number of benzene rings is 3. The third-order valence-electron chi connectivity index (χ3n) is 4.80. The van der Waals surface area contributed by atoms with Gasteiger partial charge in [-0.1, -0.05) is 42.5 Å². The molecule has 3 heteroatoms. The van der Waals surface area contributed by atoms with Gasteiger partial charge in [-0.25, -0.2) is 0 Å². The predicted octanol–water partition coefficient (Wildman–Crippen LogP) is 7.12. The van der Waals surface area contributed by atoms with E-state index in [0.717, 1.165) is 35.7 Å². The Labute approximate surface area is 179 Å². The molecular weight excluding hydrogens is 370 g/mol. The normalized spacial score (nSPS) is 10.3. The molecule has 0 fully saturated rings. The minimum absolute atomic E-state index is 0.637. The summed E-state index contributed by atoms with van der Waals surface area (Å²) in [6, 6.07) is 25.4. The molecule has 3 aromatic rings. The van der Waals surface area contributed by atoms with Crippen LogP contribution < -0.4 is 9.64 Å². The van der Waals surface area contributed by atoms with Gasteiger partial charge in [0.2, 0.25) is 0 Å². The Bertz CT molecular complexity index is 871. The van der Waals surface area contributed by atoms with Crippen LogP contribution in [0.1, 0.15) is 17.5 Å². The van der Waals surface area contributed by atoms with Gasteiger partial charge < -0.3 is 14.4 Å². The van der Waals surface area contributed by atoms with Crippen LogP contribution in [0.15, 0.2) is 98.3 Å². The Morgan fingerprint density at radius 1 is 0.767 bits per heavy atom. The second-order valence-electron chi connectivity index (χ2n) is 7.04. The third-order valence-corrected chi connectivity index (χ3v) is 4.80. The first-order chi connectivity index (χ1) is 14.7. The lowest BCUT2D eigenvalue weighted by molar-refractivity contribution is 0.255. The van der Waals surface area contributed by atoms with Gasteiger partial charge in [-0.05, 0) is 67.4 Å². The number of anilines is 3. The van der Waals surface area contributed by atoms with Crippen LogP contribution >= 0.6 is 0 Å². The van der Waals surface area contributed by atoms with Crippen molar-refractivity contribution >= 4 is 17.1 Å². The van der Waals surface area contributed by atoms with Crippen molar-refractivity contribution < 1.29 is 9.47 Å². The van der Waals surface area contributed by atoms with E-state index in [0.29, 0.717) is 13.2 Å². The Hall–Kier alpha value is -3.46. The smallest absolute Gasteiger partial charge is 0.119 e. The van der Waals surface area contributed by atoms with Crippen molar-refractivity contribution in [2.75, 3.05) is 18.1 Å². The van der Waals surface area contributed by atoms with Gasteiger partial charge in [-0.15, -0.1) is 6.58 Å². The van der Waals surface area contributed by atoms with E-state index in [4.69, 9.17) is 9.47 Å². The van der Waals surface area contributed by atoms with Gasteiger partial charge in [-0.2, -0.15) is 0 Å². The second-order valence-corrected chi connectivity index (χ2v) is 7.04. The van der Waals surface area contributed by atoms with Gasteiger partial charge in [-0.3, -0.25) is 0 Å². The SMILES string of the molecule is C=CCCOc1ccc(N(c2ccc(C)cc2)c2ccc(CCOC=C)cc2)cc1. The van der Waals surface area contributed by atoms with Crippen molar-refractivity contribution in [1.82, 2.24) is 0 Å². The molecule has 0 aliphatic heterocycles. The van der Waals surface area contributed by atoms with Gasteiger partial charge in [0.05, 0.1) is 19.5 Å². The first-order valence-electron chi connectivity index (χ1n) is 10.2. The van der Waals surface area contributed by atoms with Crippen molar-refractivity contribution in [3.8, 4) is 5.75 Å². The van der Waals surface area contributed by atoms with Crippen LogP contribution in [0.2, 0.25) is 0 Å². The number of ether oxygens (including phenoxy) is 2. The molecule has 3 nitrogen and oxygen atoms in total. The third kappa shape index (κ3) is 5.77. The van der Waals surface area contributed by atoms with Crippen molar-refractivity contribution in [1.29, 1.82) is 0 Å². The van der Waals surface area contributed by atoms with E-state index in [1.807, 2.05) is 18.2 Å². The van der Waals surface area contributed by atoms with E-state index >= 15 is 0 Å². The zero-order valence-corrected chi connectivity index (χ0v) is 17.6. The van der Waals surface area contributed by atoms with Crippen molar-refractivity contribution in [3.63, 3.8) is 0 Å². The summed E-state index contributed by atoms with van der Waals surface area (Å²) >= 11 is 0. The van der Waals surface area contributed by atoms with Gasteiger partial charge in [0.25, 0.3) is 0 Å². The quantitative estimate of drug-likeness (QED) is 0.195. The fourth-order valence-electron chi connectivity index (χ4n) is 3.16. The van der Waals surface area contributed by atoms with Crippen molar-refractivity contribution in [2.45, 2.75) is 19.8 Å². The highest BCUT2D eigenvalue weighted by Crippen LogP contribution is 2.35. The molecule has 0 saturated heterocycles. The molecule has 154 valence electrons. The molecule has 0 aliphatic carbocycles. The van der Waals surface area contributed by atoms with E-state index in [1.165, 1.54) is 17.4 Å². The van der Waals surface area contributed by atoms with E-state index in [1.54, 1.807) is 0 Å². The van der Waals surface area contributed by atoms with Crippen LogP contribution in [0.5, 0.6) is 5.75 Å². The molecule has 0 spiro atoms. The predicted molar refractivity (Wildman–Crippen MR) is 126 cm³/mol. The van der Waals surface area contributed by atoms with Crippen LogP contribution in [-0.2, 0) is 11.2 Å². The van der Waals surface area contributed by atoms with Crippen LogP contribution in [0.25, 0.3) is 0 Å². The van der Waals surface area contributed by atoms with Crippen molar-refractivity contribution in [2.24, 2.45) is 0 Å². The monoisotopic (exact) mass is 399 g/mol. The minimum atomic E-state index is 0.637. The summed E-state index contributed by atoms with van der Waals surface area (Å²) in [5.74, 6) is 0.863. The Morgan fingerprint density at radius 3 is 1.90 bits per heavy atom. The van der Waals surface area contributed by atoms with Crippen LogP contribution in [0.4, 0.5) is 17.1 Å². The van der Waals surface area contributed by atoms with Crippen LogP contribution in [0, 0.1) is 6.92 Å². The summed E-state index contributed by atoms with van der Waals surface area (Å²) in [5.41, 5.74) is 5.77. The maximum absolute atomic E-state index is 5.76. The average molecular weight is 400 g/mol. The molecule has 0 saturated carbocycles. The fraction of sp³-hybridized carbons (Fsp3) is 0.185. The van der Waals surface area contributed by atoms with Crippen LogP contribution in [-0.4, -0.2) is 13.2 Å². The van der Waals surface area contributed by atoms with Gasteiger partial charge >= 0.3 is 0 Å². The lowest BCUT2D eigenvalue weighted by Crippen LogP contribution is -2.10. The molecule has 30 heavy (non-hydrogen) atoms. The largest absolute Gasteiger partial charge is 0.501 e. The molecule has 3 rings (SSSR count). The highest BCUT2D eigenvalue weighted by atomic mass is 16.5. The topological polar surface area (TPSA) is 21.7 Å². The maximum atomic E-state index is 5.76. The number of nitrogens with zero attached hydrogens (tertiary/aromatic N) is 1. The van der Waals surface area contributed by atoms with E-state index in [9.17, 15) is 0 Å². The molecule has 0 radical (unpaired) electrons. The van der Waals surface area contributed by atoms with Crippen molar-refractivity contribution in [3.05, 3.63) is 109 Å². The molecule has 0 amide bonds. The number of hydrogen-bond acceptors (Lipinski definition) is 3. The Kier molecular flexibility index (Phi) is 7.73. The molecule has 0 aromatic heterocycles.